The Morgan fingerprint density at radius 1 is 1.50 bits per heavy atom. The lowest BCUT2D eigenvalue weighted by Crippen LogP contribution is -2.15. The molecule has 3 N–H and O–H groups in total. The standard InChI is InChI=1S/C9H11ClN2O3S/c1-6(13)12-7-2-3-9(8(10)4-7)16(14,15)5-11/h2-4H,5,11H2,1H3,(H,12,13). The molecule has 0 radical (unpaired) electrons. The van der Waals surface area contributed by atoms with Crippen molar-refractivity contribution in [3.63, 3.8) is 0 Å². The Balaban J connectivity index is 3.15. The Hall–Kier alpha value is -1.11. The fourth-order valence-electron chi connectivity index (χ4n) is 1.12. The Kier molecular flexibility index (Phi) is 3.90. The van der Waals surface area contributed by atoms with E-state index in [1.165, 1.54) is 25.1 Å². The highest BCUT2D eigenvalue weighted by Crippen LogP contribution is 2.25. The normalized spacial score (nSPS) is 11.2. The largest absolute Gasteiger partial charge is 0.326 e. The van der Waals surface area contributed by atoms with Crippen molar-refractivity contribution in [2.24, 2.45) is 5.73 Å². The summed E-state index contributed by atoms with van der Waals surface area (Å²) in [6.45, 7) is 1.35. The summed E-state index contributed by atoms with van der Waals surface area (Å²) in [7, 11) is -3.54. The van der Waals surface area contributed by atoms with E-state index >= 15 is 0 Å². The van der Waals surface area contributed by atoms with Gasteiger partial charge in [-0.3, -0.25) is 4.79 Å². The molecule has 1 amide bonds. The van der Waals surface area contributed by atoms with Gasteiger partial charge in [-0.15, -0.1) is 0 Å². The third-order valence-electron chi connectivity index (χ3n) is 1.81. The van der Waals surface area contributed by atoms with Crippen molar-refractivity contribution in [3.8, 4) is 0 Å². The first kappa shape index (κ1) is 13.0. The molecule has 5 nitrogen and oxygen atoms in total. The second-order valence-corrected chi connectivity index (χ2v) is 5.52. The number of hydrogen-bond acceptors (Lipinski definition) is 4. The lowest BCUT2D eigenvalue weighted by molar-refractivity contribution is -0.114. The molecular formula is C9H11ClN2O3S. The van der Waals surface area contributed by atoms with Gasteiger partial charge in [-0.2, -0.15) is 0 Å². The minimum Gasteiger partial charge on any atom is -0.326 e. The lowest BCUT2D eigenvalue weighted by atomic mass is 10.3. The van der Waals surface area contributed by atoms with E-state index in [1.807, 2.05) is 0 Å². The molecule has 0 atom stereocenters. The summed E-state index contributed by atoms with van der Waals surface area (Å²) in [5.74, 6) is -0.767. The van der Waals surface area contributed by atoms with Crippen molar-refractivity contribution >= 4 is 33.0 Å². The van der Waals surface area contributed by atoms with Crippen LogP contribution in [0.15, 0.2) is 23.1 Å². The molecule has 0 spiro atoms. The van der Waals surface area contributed by atoms with Crippen LogP contribution in [0.1, 0.15) is 6.92 Å². The molecule has 1 aromatic rings. The van der Waals surface area contributed by atoms with Crippen LogP contribution < -0.4 is 11.1 Å². The summed E-state index contributed by atoms with van der Waals surface area (Å²) in [4.78, 5) is 10.7. The van der Waals surface area contributed by atoms with Gasteiger partial charge in [0.1, 0.15) is 5.88 Å². The number of rotatable bonds is 3. The van der Waals surface area contributed by atoms with E-state index < -0.39 is 15.7 Å². The number of nitrogens with two attached hydrogens (primary N) is 1. The number of halogens is 1. The van der Waals surface area contributed by atoms with Crippen molar-refractivity contribution in [2.75, 3.05) is 11.2 Å². The molecule has 0 aromatic heterocycles. The predicted octanol–water partition coefficient (Wildman–Crippen LogP) is 0.988. The third-order valence-corrected chi connectivity index (χ3v) is 3.70. The van der Waals surface area contributed by atoms with Crippen LogP contribution in [0.3, 0.4) is 0 Å². The SMILES string of the molecule is CC(=O)Nc1ccc(S(=O)(=O)CN)c(Cl)c1. The molecule has 0 fully saturated rings. The van der Waals surface area contributed by atoms with Crippen LogP contribution in [0.25, 0.3) is 0 Å². The van der Waals surface area contributed by atoms with E-state index in [9.17, 15) is 13.2 Å². The zero-order valence-corrected chi connectivity index (χ0v) is 10.1. The highest BCUT2D eigenvalue weighted by Gasteiger charge is 2.16. The predicted molar refractivity (Wildman–Crippen MR) is 62.0 cm³/mol. The summed E-state index contributed by atoms with van der Waals surface area (Å²) in [6.07, 6.45) is 0. The molecule has 7 heteroatoms. The highest BCUT2D eigenvalue weighted by molar-refractivity contribution is 7.91. The van der Waals surface area contributed by atoms with Gasteiger partial charge < -0.3 is 11.1 Å². The quantitative estimate of drug-likeness (QED) is 0.850. The molecule has 0 saturated carbocycles. The monoisotopic (exact) mass is 262 g/mol. The van der Waals surface area contributed by atoms with Crippen LogP contribution in [0, 0.1) is 0 Å². The highest BCUT2D eigenvalue weighted by atomic mass is 35.5. The summed E-state index contributed by atoms with van der Waals surface area (Å²) in [5.41, 5.74) is 5.55. The number of hydrogen-bond donors (Lipinski definition) is 2. The summed E-state index contributed by atoms with van der Waals surface area (Å²) in [6, 6.07) is 4.14. The number of anilines is 1. The molecule has 0 unspecified atom stereocenters. The number of sulfone groups is 1. The van der Waals surface area contributed by atoms with Crippen LogP contribution in [-0.2, 0) is 14.6 Å². The van der Waals surface area contributed by atoms with Crippen LogP contribution in [-0.4, -0.2) is 20.2 Å². The molecule has 0 heterocycles. The van der Waals surface area contributed by atoms with Gasteiger partial charge in [-0.1, -0.05) is 11.6 Å². The maximum absolute atomic E-state index is 11.5. The van der Waals surface area contributed by atoms with Gasteiger partial charge in [0.15, 0.2) is 9.84 Å². The Morgan fingerprint density at radius 2 is 2.12 bits per heavy atom. The van der Waals surface area contributed by atoms with Gasteiger partial charge in [-0.05, 0) is 18.2 Å². The summed E-state index contributed by atoms with van der Waals surface area (Å²) in [5, 5.41) is 2.53. The first-order valence-corrected chi connectivity index (χ1v) is 6.40. The average Bonchev–Trinajstić information content (AvgIpc) is 2.16. The maximum atomic E-state index is 11.5. The van der Waals surface area contributed by atoms with Crippen molar-refractivity contribution in [3.05, 3.63) is 23.2 Å². The minimum atomic E-state index is -3.54. The van der Waals surface area contributed by atoms with E-state index in [2.05, 4.69) is 5.32 Å². The molecule has 0 aliphatic carbocycles. The van der Waals surface area contributed by atoms with E-state index in [4.69, 9.17) is 17.3 Å². The van der Waals surface area contributed by atoms with Gasteiger partial charge in [0, 0.05) is 12.6 Å². The Bertz CT molecular complexity index is 513. The zero-order chi connectivity index (χ0) is 12.3. The van der Waals surface area contributed by atoms with Crippen molar-refractivity contribution < 1.29 is 13.2 Å². The smallest absolute Gasteiger partial charge is 0.221 e. The second kappa shape index (κ2) is 4.82. The summed E-state index contributed by atoms with van der Waals surface area (Å²) >= 11 is 5.79. The third kappa shape index (κ3) is 2.94. The fourth-order valence-corrected chi connectivity index (χ4v) is 2.47. The van der Waals surface area contributed by atoms with E-state index in [-0.39, 0.29) is 15.8 Å². The Labute approximate surface area is 98.5 Å². The maximum Gasteiger partial charge on any atom is 0.221 e. The van der Waals surface area contributed by atoms with Crippen molar-refractivity contribution in [1.82, 2.24) is 0 Å². The molecule has 1 aromatic carbocycles. The van der Waals surface area contributed by atoms with Crippen LogP contribution >= 0.6 is 11.6 Å². The Morgan fingerprint density at radius 3 is 2.56 bits per heavy atom. The molecule has 0 aliphatic rings. The number of nitrogens with one attached hydrogen (secondary N) is 1. The lowest BCUT2D eigenvalue weighted by Gasteiger charge is -2.07. The van der Waals surface area contributed by atoms with E-state index in [0.29, 0.717) is 5.69 Å². The molecule has 88 valence electrons. The average molecular weight is 263 g/mol. The first-order valence-electron chi connectivity index (χ1n) is 4.37. The molecule has 0 aliphatic heterocycles. The van der Waals surface area contributed by atoms with Crippen LogP contribution in [0.2, 0.25) is 5.02 Å². The number of amides is 1. The molecule has 0 bridgehead atoms. The van der Waals surface area contributed by atoms with E-state index in [1.54, 1.807) is 0 Å². The first-order chi connectivity index (χ1) is 7.36. The zero-order valence-electron chi connectivity index (χ0n) is 8.53. The summed E-state index contributed by atoms with van der Waals surface area (Å²) < 4.78 is 22.9. The molecule has 0 saturated heterocycles. The number of benzene rings is 1. The van der Waals surface area contributed by atoms with Crippen molar-refractivity contribution in [2.45, 2.75) is 11.8 Å². The number of carbonyl (C=O) groups is 1. The molecular weight excluding hydrogens is 252 g/mol. The van der Waals surface area contributed by atoms with Gasteiger partial charge in [0.25, 0.3) is 0 Å². The van der Waals surface area contributed by atoms with Crippen LogP contribution in [0.4, 0.5) is 5.69 Å². The van der Waals surface area contributed by atoms with Gasteiger partial charge >= 0.3 is 0 Å². The van der Waals surface area contributed by atoms with Gasteiger partial charge in [-0.25, -0.2) is 8.42 Å². The molecule has 16 heavy (non-hydrogen) atoms. The number of carbonyl (C=O) groups excluding carboxylic acids is 1. The van der Waals surface area contributed by atoms with Gasteiger partial charge in [0.05, 0.1) is 9.92 Å². The molecule has 1 rings (SSSR count). The van der Waals surface area contributed by atoms with Crippen LogP contribution in [0.5, 0.6) is 0 Å². The second-order valence-electron chi connectivity index (χ2n) is 3.11. The van der Waals surface area contributed by atoms with Crippen molar-refractivity contribution in [1.29, 1.82) is 0 Å². The fraction of sp³-hybridized carbons (Fsp3) is 0.222. The van der Waals surface area contributed by atoms with E-state index in [0.717, 1.165) is 0 Å². The topological polar surface area (TPSA) is 89.3 Å². The minimum absolute atomic E-state index is 0.0363. The van der Waals surface area contributed by atoms with Gasteiger partial charge in [0.2, 0.25) is 5.91 Å².